The maximum absolute atomic E-state index is 12.5. The van der Waals surface area contributed by atoms with E-state index in [0.29, 0.717) is 11.7 Å². The molecule has 0 aliphatic rings. The topological polar surface area (TPSA) is 77.2 Å². The number of hydrogen-bond acceptors (Lipinski definition) is 5. The average Bonchev–Trinajstić information content (AvgIpc) is 3.17. The quantitative estimate of drug-likeness (QED) is 0.704. The minimum absolute atomic E-state index is 0.0529. The molecule has 1 aromatic heterocycles. The third-order valence-corrected chi connectivity index (χ3v) is 4.16. The fourth-order valence-corrected chi connectivity index (χ4v) is 2.73. The molecule has 3 aromatic rings. The predicted molar refractivity (Wildman–Crippen MR) is 97.6 cm³/mol. The first-order chi connectivity index (χ1) is 12.7. The molecular weight excluding hydrogens is 330 g/mol. The van der Waals surface area contributed by atoms with Crippen LogP contribution >= 0.6 is 0 Å². The Morgan fingerprint density at radius 1 is 1.15 bits per heavy atom. The Morgan fingerprint density at radius 2 is 1.88 bits per heavy atom. The summed E-state index contributed by atoms with van der Waals surface area (Å²) in [5.74, 6) is 1.36. The van der Waals surface area contributed by atoms with Gasteiger partial charge < -0.3 is 14.6 Å². The van der Waals surface area contributed by atoms with Gasteiger partial charge in [-0.15, -0.1) is 0 Å². The normalized spacial score (nSPS) is 11.8. The number of aromatic nitrogens is 2. The first-order valence-electron chi connectivity index (χ1n) is 8.51. The Balaban J connectivity index is 1.63. The van der Waals surface area contributed by atoms with Crippen LogP contribution in [0, 0.1) is 0 Å². The summed E-state index contributed by atoms with van der Waals surface area (Å²) in [6, 6.07) is 17.1. The molecule has 0 saturated carbocycles. The van der Waals surface area contributed by atoms with Gasteiger partial charge in [0.2, 0.25) is 17.6 Å². The molecule has 1 unspecified atom stereocenters. The summed E-state index contributed by atoms with van der Waals surface area (Å²) < 4.78 is 10.4. The van der Waals surface area contributed by atoms with E-state index in [1.807, 2.05) is 61.5 Å². The van der Waals surface area contributed by atoms with E-state index >= 15 is 0 Å². The number of carbonyl (C=O) groups is 1. The van der Waals surface area contributed by atoms with Gasteiger partial charge in [-0.25, -0.2) is 0 Å². The van der Waals surface area contributed by atoms with Crippen LogP contribution < -0.4 is 10.1 Å². The van der Waals surface area contributed by atoms with E-state index in [0.717, 1.165) is 23.3 Å². The number of ether oxygens (including phenoxy) is 1. The van der Waals surface area contributed by atoms with Crippen molar-refractivity contribution < 1.29 is 14.1 Å². The van der Waals surface area contributed by atoms with Crippen LogP contribution in [-0.4, -0.2) is 23.2 Å². The molecular formula is C20H21N3O3. The van der Waals surface area contributed by atoms with Gasteiger partial charge in [0.05, 0.1) is 19.6 Å². The molecule has 0 fully saturated rings. The summed E-state index contributed by atoms with van der Waals surface area (Å²) in [6.07, 6.45) is 0.719. The van der Waals surface area contributed by atoms with E-state index < -0.39 is 0 Å². The van der Waals surface area contributed by atoms with Crippen LogP contribution in [0.15, 0.2) is 59.1 Å². The van der Waals surface area contributed by atoms with E-state index in [1.165, 1.54) is 0 Å². The summed E-state index contributed by atoms with van der Waals surface area (Å²) in [5, 5.41) is 6.84. The van der Waals surface area contributed by atoms with Gasteiger partial charge in [0.25, 0.3) is 0 Å². The highest BCUT2D eigenvalue weighted by molar-refractivity contribution is 5.83. The molecule has 0 saturated heterocycles. The molecule has 1 heterocycles. The standard InChI is InChI=1S/C20H21N3O3/c1-3-17(14-7-5-4-6-8-14)20(24)21-13-18-22-19(23-26-18)15-9-11-16(25-2)12-10-15/h4-12,17H,3,13H2,1-2H3,(H,21,24). The highest BCUT2D eigenvalue weighted by Gasteiger charge is 2.19. The number of nitrogens with one attached hydrogen (secondary N) is 1. The summed E-state index contributed by atoms with van der Waals surface area (Å²) in [7, 11) is 1.61. The monoisotopic (exact) mass is 351 g/mol. The van der Waals surface area contributed by atoms with Crippen molar-refractivity contribution in [3.8, 4) is 17.1 Å². The minimum atomic E-state index is -0.194. The van der Waals surface area contributed by atoms with Crippen molar-refractivity contribution in [2.75, 3.05) is 7.11 Å². The first kappa shape index (κ1) is 17.7. The first-order valence-corrected chi connectivity index (χ1v) is 8.51. The fourth-order valence-electron chi connectivity index (χ4n) is 2.73. The predicted octanol–water partition coefficient (Wildman–Crippen LogP) is 3.56. The summed E-state index contributed by atoms with van der Waals surface area (Å²) in [4.78, 5) is 16.8. The Labute approximate surface area is 152 Å². The van der Waals surface area contributed by atoms with Gasteiger partial charge in [-0.2, -0.15) is 4.98 Å². The molecule has 134 valence electrons. The number of amides is 1. The van der Waals surface area contributed by atoms with Gasteiger partial charge in [0, 0.05) is 5.56 Å². The van der Waals surface area contributed by atoms with Crippen LogP contribution in [0.1, 0.15) is 30.7 Å². The number of carbonyl (C=O) groups excluding carboxylic acids is 1. The molecule has 1 atom stereocenters. The van der Waals surface area contributed by atoms with Crippen molar-refractivity contribution in [3.63, 3.8) is 0 Å². The van der Waals surface area contributed by atoms with Gasteiger partial charge in [-0.3, -0.25) is 4.79 Å². The SMILES string of the molecule is CCC(C(=O)NCc1nc(-c2ccc(OC)cc2)no1)c1ccccc1. The number of rotatable bonds is 7. The van der Waals surface area contributed by atoms with Crippen LogP contribution in [0.25, 0.3) is 11.4 Å². The number of hydrogen-bond donors (Lipinski definition) is 1. The third kappa shape index (κ3) is 4.08. The number of benzene rings is 2. The molecule has 0 spiro atoms. The second-order valence-corrected chi connectivity index (χ2v) is 5.83. The summed E-state index contributed by atoms with van der Waals surface area (Å²) in [5.41, 5.74) is 1.82. The van der Waals surface area contributed by atoms with E-state index in [9.17, 15) is 4.79 Å². The maximum atomic E-state index is 12.5. The minimum Gasteiger partial charge on any atom is -0.497 e. The number of nitrogens with zero attached hydrogens (tertiary/aromatic N) is 2. The van der Waals surface area contributed by atoms with E-state index in [1.54, 1.807) is 7.11 Å². The molecule has 6 nitrogen and oxygen atoms in total. The average molecular weight is 351 g/mol. The van der Waals surface area contributed by atoms with Crippen LogP contribution in [0.5, 0.6) is 5.75 Å². The summed E-state index contributed by atoms with van der Waals surface area (Å²) in [6.45, 7) is 2.19. The van der Waals surface area contributed by atoms with Crippen LogP contribution in [0.2, 0.25) is 0 Å². The Morgan fingerprint density at radius 3 is 2.54 bits per heavy atom. The zero-order valence-electron chi connectivity index (χ0n) is 14.8. The zero-order chi connectivity index (χ0) is 18.4. The third-order valence-electron chi connectivity index (χ3n) is 4.16. The van der Waals surface area contributed by atoms with Crippen LogP contribution in [-0.2, 0) is 11.3 Å². The van der Waals surface area contributed by atoms with Crippen molar-refractivity contribution in [1.29, 1.82) is 0 Å². The highest BCUT2D eigenvalue weighted by Crippen LogP contribution is 2.21. The molecule has 0 radical (unpaired) electrons. The van der Waals surface area contributed by atoms with Gasteiger partial charge >= 0.3 is 0 Å². The lowest BCUT2D eigenvalue weighted by Gasteiger charge is -2.14. The Hall–Kier alpha value is -3.15. The van der Waals surface area contributed by atoms with E-state index in [2.05, 4.69) is 15.5 Å². The molecule has 1 N–H and O–H groups in total. The molecule has 0 aliphatic carbocycles. The highest BCUT2D eigenvalue weighted by atomic mass is 16.5. The zero-order valence-corrected chi connectivity index (χ0v) is 14.8. The van der Waals surface area contributed by atoms with E-state index in [-0.39, 0.29) is 18.4 Å². The molecule has 2 aromatic carbocycles. The molecule has 1 amide bonds. The molecule has 0 aliphatic heterocycles. The number of methoxy groups -OCH3 is 1. The van der Waals surface area contributed by atoms with Gasteiger partial charge in [-0.05, 0) is 36.2 Å². The largest absolute Gasteiger partial charge is 0.497 e. The lowest BCUT2D eigenvalue weighted by molar-refractivity contribution is -0.122. The lowest BCUT2D eigenvalue weighted by atomic mass is 9.96. The lowest BCUT2D eigenvalue weighted by Crippen LogP contribution is -2.28. The van der Waals surface area contributed by atoms with Crippen LogP contribution in [0.3, 0.4) is 0 Å². The van der Waals surface area contributed by atoms with Crippen molar-refractivity contribution >= 4 is 5.91 Å². The molecule has 26 heavy (non-hydrogen) atoms. The Bertz CT molecular complexity index is 844. The van der Waals surface area contributed by atoms with Gasteiger partial charge in [0.15, 0.2) is 0 Å². The van der Waals surface area contributed by atoms with Crippen molar-refractivity contribution in [1.82, 2.24) is 15.5 Å². The van der Waals surface area contributed by atoms with Crippen molar-refractivity contribution in [3.05, 3.63) is 66.1 Å². The van der Waals surface area contributed by atoms with Crippen molar-refractivity contribution in [2.24, 2.45) is 0 Å². The summed E-state index contributed by atoms with van der Waals surface area (Å²) >= 11 is 0. The maximum Gasteiger partial charge on any atom is 0.246 e. The second-order valence-electron chi connectivity index (χ2n) is 5.83. The van der Waals surface area contributed by atoms with E-state index in [4.69, 9.17) is 9.26 Å². The van der Waals surface area contributed by atoms with Gasteiger partial charge in [-0.1, -0.05) is 42.4 Å². The van der Waals surface area contributed by atoms with Crippen molar-refractivity contribution in [2.45, 2.75) is 25.8 Å². The fraction of sp³-hybridized carbons (Fsp3) is 0.250. The van der Waals surface area contributed by atoms with Gasteiger partial charge in [0.1, 0.15) is 5.75 Å². The van der Waals surface area contributed by atoms with Crippen LogP contribution in [0.4, 0.5) is 0 Å². The molecule has 3 rings (SSSR count). The Kier molecular flexibility index (Phi) is 5.63. The smallest absolute Gasteiger partial charge is 0.246 e. The molecule has 0 bridgehead atoms. The second kappa shape index (κ2) is 8.29. The molecule has 6 heteroatoms.